The molecule has 3 aromatic rings. The number of hydrogen-bond donors (Lipinski definition) is 0. The molecule has 104 valence electrons. The summed E-state index contributed by atoms with van der Waals surface area (Å²) in [6.45, 7) is 3.92. The van der Waals surface area contributed by atoms with E-state index in [1.807, 2.05) is 68.4 Å². The first-order valence-corrected chi connectivity index (χ1v) is 7.12. The molecule has 3 rings (SSSR count). The normalized spacial score (nSPS) is 12.3. The monoisotopic (exact) mass is 275 g/mol. The molecule has 0 aliphatic heterocycles. The lowest BCUT2D eigenvalue weighted by molar-refractivity contribution is 0.0966. The molecular formula is C19H17NO. The van der Waals surface area contributed by atoms with Gasteiger partial charge in [0.05, 0.1) is 5.52 Å². The van der Waals surface area contributed by atoms with E-state index in [9.17, 15) is 4.79 Å². The highest BCUT2D eigenvalue weighted by Gasteiger charge is 2.19. The molecule has 2 heteroatoms. The third-order valence-electron chi connectivity index (χ3n) is 3.81. The van der Waals surface area contributed by atoms with E-state index in [0.717, 1.165) is 27.7 Å². The van der Waals surface area contributed by atoms with Crippen LogP contribution in [0.3, 0.4) is 0 Å². The fourth-order valence-corrected chi connectivity index (χ4v) is 2.61. The summed E-state index contributed by atoms with van der Waals surface area (Å²) in [6, 6.07) is 19.5. The highest BCUT2D eigenvalue weighted by Crippen LogP contribution is 2.27. The Morgan fingerprint density at radius 1 is 0.952 bits per heavy atom. The molecular weight excluding hydrogens is 258 g/mol. The number of hydrogen-bond acceptors (Lipinski definition) is 2. The highest BCUT2D eigenvalue weighted by molar-refractivity contribution is 6.02. The number of benzene rings is 2. The Morgan fingerprint density at radius 2 is 1.71 bits per heavy atom. The molecule has 0 radical (unpaired) electrons. The molecule has 21 heavy (non-hydrogen) atoms. The fourth-order valence-electron chi connectivity index (χ4n) is 2.61. The molecule has 1 unspecified atom stereocenters. The average molecular weight is 275 g/mol. The number of aromatic nitrogens is 1. The topological polar surface area (TPSA) is 30.0 Å². The number of carbonyl (C=O) groups excluding carboxylic acids is 1. The van der Waals surface area contributed by atoms with Crippen LogP contribution >= 0.6 is 0 Å². The van der Waals surface area contributed by atoms with Crippen LogP contribution < -0.4 is 0 Å². The number of rotatable bonds is 3. The van der Waals surface area contributed by atoms with Crippen LogP contribution in [-0.2, 0) is 0 Å². The van der Waals surface area contributed by atoms with Crippen LogP contribution in [0.1, 0.15) is 34.5 Å². The summed E-state index contributed by atoms with van der Waals surface area (Å²) in [5.74, 6) is -0.0724. The minimum Gasteiger partial charge on any atom is -0.294 e. The van der Waals surface area contributed by atoms with Gasteiger partial charge in [-0.15, -0.1) is 0 Å². The molecule has 0 amide bonds. The maximum absolute atomic E-state index is 12.6. The zero-order valence-electron chi connectivity index (χ0n) is 12.2. The maximum Gasteiger partial charge on any atom is 0.170 e. The first kappa shape index (κ1) is 13.5. The number of ketones is 1. The molecule has 0 spiro atoms. The van der Waals surface area contributed by atoms with E-state index >= 15 is 0 Å². The summed E-state index contributed by atoms with van der Waals surface area (Å²) in [5, 5.41) is 1.07. The molecule has 0 saturated heterocycles. The number of Topliss-reactive ketones (excluding diaryl/α,β-unsaturated/α-hetero) is 1. The minimum absolute atomic E-state index is 0.131. The van der Waals surface area contributed by atoms with Crippen LogP contribution in [0, 0.1) is 6.92 Å². The Labute approximate surface area is 124 Å². The van der Waals surface area contributed by atoms with Crippen molar-refractivity contribution in [3.63, 3.8) is 0 Å². The number of para-hydroxylation sites is 1. The third-order valence-corrected chi connectivity index (χ3v) is 3.81. The van der Waals surface area contributed by atoms with Gasteiger partial charge in [-0.3, -0.25) is 9.78 Å². The van der Waals surface area contributed by atoms with Gasteiger partial charge in [0, 0.05) is 22.6 Å². The van der Waals surface area contributed by atoms with Gasteiger partial charge >= 0.3 is 0 Å². The van der Waals surface area contributed by atoms with Gasteiger partial charge in [0.1, 0.15) is 0 Å². The van der Waals surface area contributed by atoms with E-state index < -0.39 is 0 Å². The van der Waals surface area contributed by atoms with E-state index in [0.29, 0.717) is 0 Å². The molecule has 2 aromatic carbocycles. The van der Waals surface area contributed by atoms with E-state index in [1.165, 1.54) is 0 Å². The molecule has 0 saturated carbocycles. The predicted octanol–water partition coefficient (Wildman–Crippen LogP) is 4.53. The maximum atomic E-state index is 12.6. The van der Waals surface area contributed by atoms with Crippen molar-refractivity contribution in [3.05, 3.63) is 77.5 Å². The second kappa shape index (κ2) is 5.49. The quantitative estimate of drug-likeness (QED) is 0.657. The highest BCUT2D eigenvalue weighted by atomic mass is 16.1. The van der Waals surface area contributed by atoms with Crippen molar-refractivity contribution >= 4 is 16.7 Å². The largest absolute Gasteiger partial charge is 0.294 e. The van der Waals surface area contributed by atoms with Gasteiger partial charge in [-0.2, -0.15) is 0 Å². The van der Waals surface area contributed by atoms with Crippen LogP contribution in [-0.4, -0.2) is 10.8 Å². The van der Waals surface area contributed by atoms with Gasteiger partial charge in [0.25, 0.3) is 0 Å². The van der Waals surface area contributed by atoms with Gasteiger partial charge in [0.15, 0.2) is 5.78 Å². The van der Waals surface area contributed by atoms with Crippen LogP contribution in [0.15, 0.2) is 60.7 Å². The van der Waals surface area contributed by atoms with Gasteiger partial charge < -0.3 is 0 Å². The van der Waals surface area contributed by atoms with E-state index in [-0.39, 0.29) is 11.7 Å². The fraction of sp³-hybridized carbons (Fsp3) is 0.158. The Morgan fingerprint density at radius 3 is 2.48 bits per heavy atom. The first-order valence-electron chi connectivity index (χ1n) is 7.12. The van der Waals surface area contributed by atoms with Crippen molar-refractivity contribution in [2.45, 2.75) is 19.8 Å². The number of aryl methyl sites for hydroxylation is 1. The number of fused-ring (bicyclic) bond motifs is 1. The summed E-state index contributed by atoms with van der Waals surface area (Å²) < 4.78 is 0. The Balaban J connectivity index is 2.08. The summed E-state index contributed by atoms with van der Waals surface area (Å²) >= 11 is 0. The van der Waals surface area contributed by atoms with Crippen molar-refractivity contribution in [2.24, 2.45) is 0 Å². The summed E-state index contributed by atoms with van der Waals surface area (Å²) in [6.07, 6.45) is 0. The summed E-state index contributed by atoms with van der Waals surface area (Å²) in [4.78, 5) is 17.3. The molecule has 1 aromatic heterocycles. The molecule has 1 heterocycles. The van der Waals surface area contributed by atoms with Gasteiger partial charge in [-0.25, -0.2) is 0 Å². The van der Waals surface area contributed by atoms with Crippen molar-refractivity contribution in [1.82, 2.24) is 4.98 Å². The molecule has 0 aliphatic rings. The lowest BCUT2D eigenvalue weighted by Crippen LogP contribution is -2.10. The number of carbonyl (C=O) groups is 1. The lowest BCUT2D eigenvalue weighted by Gasteiger charge is -2.13. The Bertz CT molecular complexity index is 793. The zero-order chi connectivity index (χ0) is 14.8. The molecule has 0 fully saturated rings. The zero-order valence-corrected chi connectivity index (χ0v) is 12.2. The second-order valence-corrected chi connectivity index (χ2v) is 5.32. The van der Waals surface area contributed by atoms with Gasteiger partial charge in [0.2, 0.25) is 0 Å². The first-order chi connectivity index (χ1) is 10.2. The van der Waals surface area contributed by atoms with Gasteiger partial charge in [-0.05, 0) is 18.6 Å². The van der Waals surface area contributed by atoms with E-state index in [2.05, 4.69) is 11.1 Å². The summed E-state index contributed by atoms with van der Waals surface area (Å²) in [5.41, 5.74) is 3.63. The molecule has 1 atom stereocenters. The molecule has 0 N–H and O–H groups in total. The van der Waals surface area contributed by atoms with Crippen molar-refractivity contribution < 1.29 is 4.79 Å². The minimum atomic E-state index is -0.203. The van der Waals surface area contributed by atoms with Crippen molar-refractivity contribution in [1.29, 1.82) is 0 Å². The summed E-state index contributed by atoms with van der Waals surface area (Å²) in [7, 11) is 0. The van der Waals surface area contributed by atoms with Crippen molar-refractivity contribution in [3.8, 4) is 0 Å². The smallest absolute Gasteiger partial charge is 0.170 e. The van der Waals surface area contributed by atoms with Gasteiger partial charge in [-0.1, -0.05) is 61.5 Å². The molecule has 0 aliphatic carbocycles. The standard InChI is InChI=1S/C19H17NO/c1-13-11-12-15-9-6-10-17(18(15)20-13)14(2)19(21)16-7-4-3-5-8-16/h3-12,14H,1-2H3. The van der Waals surface area contributed by atoms with Crippen molar-refractivity contribution in [2.75, 3.05) is 0 Å². The average Bonchev–Trinajstić information content (AvgIpc) is 2.53. The Hall–Kier alpha value is -2.48. The van der Waals surface area contributed by atoms with E-state index in [4.69, 9.17) is 0 Å². The number of nitrogens with zero attached hydrogens (tertiary/aromatic N) is 1. The predicted molar refractivity (Wildman–Crippen MR) is 85.7 cm³/mol. The third kappa shape index (κ3) is 2.57. The van der Waals surface area contributed by atoms with Crippen LogP contribution in [0.2, 0.25) is 0 Å². The van der Waals surface area contributed by atoms with Crippen LogP contribution in [0.25, 0.3) is 10.9 Å². The molecule has 0 bridgehead atoms. The van der Waals surface area contributed by atoms with E-state index in [1.54, 1.807) is 0 Å². The SMILES string of the molecule is Cc1ccc2cccc(C(C)C(=O)c3ccccc3)c2n1. The lowest BCUT2D eigenvalue weighted by atomic mass is 9.90. The van der Waals surface area contributed by atoms with Crippen LogP contribution in [0.5, 0.6) is 0 Å². The Kier molecular flexibility index (Phi) is 3.53. The number of pyridine rings is 1. The molecule has 2 nitrogen and oxygen atoms in total. The second-order valence-electron chi connectivity index (χ2n) is 5.32. The van der Waals surface area contributed by atoms with Crippen LogP contribution in [0.4, 0.5) is 0 Å².